The van der Waals surface area contributed by atoms with Crippen molar-refractivity contribution in [1.29, 1.82) is 0 Å². The molecule has 1 unspecified atom stereocenters. The van der Waals surface area contributed by atoms with Crippen molar-refractivity contribution in [3.63, 3.8) is 0 Å². The third kappa shape index (κ3) is 4.04. The van der Waals surface area contributed by atoms with Gasteiger partial charge in [-0.3, -0.25) is 4.79 Å². The summed E-state index contributed by atoms with van der Waals surface area (Å²) in [6.45, 7) is 12.2. The number of benzene rings is 2. The molecule has 2 aliphatic rings. The van der Waals surface area contributed by atoms with Gasteiger partial charge in [0.25, 0.3) is 5.91 Å². The minimum atomic E-state index is -0.0894. The highest BCUT2D eigenvalue weighted by Crippen LogP contribution is 2.43. The highest BCUT2D eigenvalue weighted by Gasteiger charge is 2.35. The average Bonchev–Trinajstić information content (AvgIpc) is 3.00. The molecule has 1 amide bonds. The number of fused-ring (bicyclic) bond motifs is 1. The Morgan fingerprint density at radius 1 is 1.27 bits per heavy atom. The van der Waals surface area contributed by atoms with E-state index in [0.29, 0.717) is 16.0 Å². The Labute approximate surface area is 183 Å². The maximum atomic E-state index is 12.5. The van der Waals surface area contributed by atoms with Gasteiger partial charge in [-0.05, 0) is 98.8 Å². The van der Waals surface area contributed by atoms with Crippen LogP contribution < -0.4 is 10.2 Å². The van der Waals surface area contributed by atoms with E-state index in [1.165, 1.54) is 23.0 Å². The average molecular weight is 420 g/mol. The fourth-order valence-electron chi connectivity index (χ4n) is 4.64. The molecule has 4 nitrogen and oxygen atoms in total. The first-order valence-corrected chi connectivity index (χ1v) is 11.4. The third-order valence-corrected chi connectivity index (χ3v) is 6.82. The number of rotatable bonds is 3. The minimum Gasteiger partial charge on any atom is -0.366 e. The summed E-state index contributed by atoms with van der Waals surface area (Å²) in [5.74, 6) is 0.396. The molecule has 4 rings (SSSR count). The molecule has 2 aromatic rings. The second-order valence-corrected chi connectivity index (χ2v) is 9.83. The molecule has 0 aromatic heterocycles. The Morgan fingerprint density at radius 2 is 2.07 bits per heavy atom. The van der Waals surface area contributed by atoms with Gasteiger partial charge in [0.15, 0.2) is 5.17 Å². The lowest BCUT2D eigenvalue weighted by molar-refractivity contribution is -0.115. The van der Waals surface area contributed by atoms with E-state index in [9.17, 15) is 4.79 Å². The maximum absolute atomic E-state index is 12.5. The number of amidine groups is 1. The van der Waals surface area contributed by atoms with Crippen molar-refractivity contribution < 1.29 is 4.79 Å². The number of hydrogen-bond acceptors (Lipinski definition) is 4. The topological polar surface area (TPSA) is 44.7 Å². The normalized spacial score (nSPS) is 23.0. The van der Waals surface area contributed by atoms with Gasteiger partial charge in [0.1, 0.15) is 0 Å². The van der Waals surface area contributed by atoms with Crippen LogP contribution in [0.2, 0.25) is 0 Å². The van der Waals surface area contributed by atoms with Gasteiger partial charge in [0.05, 0.1) is 10.6 Å². The molecule has 0 bridgehead atoms. The maximum Gasteiger partial charge on any atom is 0.264 e. The molecule has 0 aliphatic carbocycles. The zero-order valence-corrected chi connectivity index (χ0v) is 19.1. The standard InChI is InChI=1S/C25H29N3OS/c1-6-28-21-11-10-18(13-20(21)17(3)15-25(28,4)5)14-22-23(29)27-24(30-22)26-19-9-7-8-16(2)12-19/h7-14,17H,6,15H2,1-5H3,(H,26,27,29)/b22-14+. The van der Waals surface area contributed by atoms with E-state index < -0.39 is 0 Å². The molecule has 0 radical (unpaired) electrons. The number of nitrogens with one attached hydrogen (secondary N) is 1. The summed E-state index contributed by atoms with van der Waals surface area (Å²) in [5, 5.41) is 3.51. The second kappa shape index (κ2) is 7.95. The van der Waals surface area contributed by atoms with Crippen molar-refractivity contribution in [3.8, 4) is 0 Å². The largest absolute Gasteiger partial charge is 0.366 e. The Kier molecular flexibility index (Phi) is 5.49. The van der Waals surface area contributed by atoms with Crippen LogP contribution in [0.15, 0.2) is 52.4 Å². The molecule has 1 N–H and O–H groups in total. The van der Waals surface area contributed by atoms with E-state index in [1.54, 1.807) is 0 Å². The highest BCUT2D eigenvalue weighted by molar-refractivity contribution is 8.18. The Hall–Kier alpha value is -2.53. The van der Waals surface area contributed by atoms with Gasteiger partial charge in [0, 0.05) is 17.8 Å². The third-order valence-electron chi connectivity index (χ3n) is 5.91. The molecular weight excluding hydrogens is 390 g/mol. The first kappa shape index (κ1) is 20.7. The number of anilines is 1. The van der Waals surface area contributed by atoms with Gasteiger partial charge in [0.2, 0.25) is 0 Å². The molecule has 0 saturated carbocycles. The predicted molar refractivity (Wildman–Crippen MR) is 129 cm³/mol. The summed E-state index contributed by atoms with van der Waals surface area (Å²) in [6.07, 6.45) is 3.10. The number of aryl methyl sites for hydroxylation is 1. The van der Waals surface area contributed by atoms with E-state index in [0.717, 1.165) is 29.8 Å². The number of aliphatic imine (C=N–C) groups is 1. The Balaban J connectivity index is 1.61. The van der Waals surface area contributed by atoms with Gasteiger partial charge in [-0.1, -0.05) is 25.1 Å². The van der Waals surface area contributed by atoms with Crippen molar-refractivity contribution in [1.82, 2.24) is 5.32 Å². The first-order valence-electron chi connectivity index (χ1n) is 10.5. The van der Waals surface area contributed by atoms with Gasteiger partial charge >= 0.3 is 0 Å². The van der Waals surface area contributed by atoms with E-state index in [-0.39, 0.29) is 11.4 Å². The number of hydrogen-bond donors (Lipinski definition) is 1. The molecule has 1 fully saturated rings. The number of carbonyl (C=O) groups is 1. The van der Waals surface area contributed by atoms with Crippen molar-refractivity contribution in [2.75, 3.05) is 11.4 Å². The molecule has 1 saturated heterocycles. The second-order valence-electron chi connectivity index (χ2n) is 8.80. The Bertz CT molecular complexity index is 1050. The van der Waals surface area contributed by atoms with Gasteiger partial charge in [-0.25, -0.2) is 4.99 Å². The quantitative estimate of drug-likeness (QED) is 0.621. The van der Waals surface area contributed by atoms with Crippen molar-refractivity contribution in [2.45, 2.75) is 52.5 Å². The van der Waals surface area contributed by atoms with Crippen LogP contribution in [0.1, 0.15) is 56.7 Å². The lowest BCUT2D eigenvalue weighted by Crippen LogP contribution is -2.48. The number of amides is 1. The van der Waals surface area contributed by atoms with Crippen LogP contribution in [0, 0.1) is 6.92 Å². The summed E-state index contributed by atoms with van der Waals surface area (Å²) >= 11 is 1.40. The molecule has 0 spiro atoms. The lowest BCUT2D eigenvalue weighted by atomic mass is 9.79. The van der Waals surface area contributed by atoms with E-state index >= 15 is 0 Å². The van der Waals surface area contributed by atoms with Crippen LogP contribution in [0.5, 0.6) is 0 Å². The summed E-state index contributed by atoms with van der Waals surface area (Å²) in [6, 6.07) is 14.5. The van der Waals surface area contributed by atoms with Crippen molar-refractivity contribution in [3.05, 3.63) is 64.1 Å². The predicted octanol–water partition coefficient (Wildman–Crippen LogP) is 6.00. The molecular formula is C25H29N3OS. The van der Waals surface area contributed by atoms with E-state index in [1.807, 2.05) is 37.3 Å². The SMILES string of the molecule is CCN1c2ccc(/C=C3/SC(=Nc4cccc(C)c4)NC3=O)cc2C(C)CC1(C)C. The minimum absolute atomic E-state index is 0.0894. The van der Waals surface area contributed by atoms with Crippen molar-refractivity contribution in [2.24, 2.45) is 4.99 Å². The van der Waals surface area contributed by atoms with Gasteiger partial charge in [-0.15, -0.1) is 0 Å². The van der Waals surface area contributed by atoms with Crippen LogP contribution in [0.3, 0.4) is 0 Å². The summed E-state index contributed by atoms with van der Waals surface area (Å²) < 4.78 is 0. The van der Waals surface area contributed by atoms with Crippen LogP contribution in [0.25, 0.3) is 6.08 Å². The zero-order chi connectivity index (χ0) is 21.5. The van der Waals surface area contributed by atoms with E-state index in [2.05, 4.69) is 61.1 Å². The fraction of sp³-hybridized carbons (Fsp3) is 0.360. The molecule has 1 atom stereocenters. The molecule has 2 aliphatic heterocycles. The van der Waals surface area contributed by atoms with Crippen molar-refractivity contribution >= 4 is 40.3 Å². The van der Waals surface area contributed by atoms with Gasteiger partial charge in [-0.2, -0.15) is 0 Å². The van der Waals surface area contributed by atoms with Crippen LogP contribution >= 0.6 is 11.8 Å². The Morgan fingerprint density at radius 3 is 2.80 bits per heavy atom. The van der Waals surface area contributed by atoms with E-state index in [4.69, 9.17) is 0 Å². The summed E-state index contributed by atoms with van der Waals surface area (Å²) in [4.78, 5) is 20.2. The fourth-order valence-corrected chi connectivity index (χ4v) is 5.49. The summed E-state index contributed by atoms with van der Waals surface area (Å²) in [7, 11) is 0. The molecule has 2 heterocycles. The number of thioether (sulfide) groups is 1. The lowest BCUT2D eigenvalue weighted by Gasteiger charge is -2.47. The monoisotopic (exact) mass is 419 g/mol. The molecule has 156 valence electrons. The zero-order valence-electron chi connectivity index (χ0n) is 18.3. The van der Waals surface area contributed by atoms with Crippen LogP contribution in [-0.2, 0) is 4.79 Å². The number of nitrogens with zero attached hydrogens (tertiary/aromatic N) is 2. The highest BCUT2D eigenvalue weighted by atomic mass is 32.2. The van der Waals surface area contributed by atoms with Crippen LogP contribution in [0.4, 0.5) is 11.4 Å². The molecule has 30 heavy (non-hydrogen) atoms. The summed E-state index contributed by atoms with van der Waals surface area (Å²) in [5.41, 5.74) is 5.89. The smallest absolute Gasteiger partial charge is 0.264 e. The molecule has 5 heteroatoms. The van der Waals surface area contributed by atoms with Gasteiger partial charge < -0.3 is 10.2 Å². The molecule has 2 aromatic carbocycles. The number of carbonyl (C=O) groups excluding carboxylic acids is 1. The van der Waals surface area contributed by atoms with Crippen LogP contribution in [-0.4, -0.2) is 23.2 Å². The first-order chi connectivity index (χ1) is 14.3.